The lowest BCUT2D eigenvalue weighted by molar-refractivity contribution is -0.140. The summed E-state index contributed by atoms with van der Waals surface area (Å²) in [4.78, 5) is 35.2. The van der Waals surface area contributed by atoms with Crippen LogP contribution in [0.5, 0.6) is 0 Å². The van der Waals surface area contributed by atoms with Gasteiger partial charge in [-0.05, 0) is 25.3 Å². The van der Waals surface area contributed by atoms with Crippen LogP contribution in [0.3, 0.4) is 0 Å². The van der Waals surface area contributed by atoms with E-state index in [-0.39, 0.29) is 23.3 Å². The fraction of sp³-hybridized carbons (Fsp3) is 0.417. The van der Waals surface area contributed by atoms with Gasteiger partial charge >= 0.3 is 0 Å². The maximum atomic E-state index is 12.4. The van der Waals surface area contributed by atoms with Crippen molar-refractivity contribution in [3.05, 3.63) is 22.6 Å². The summed E-state index contributed by atoms with van der Waals surface area (Å²) in [6.07, 6.45) is 4.11. The minimum Gasteiger partial charge on any atom is -0.295 e. The standard InChI is InChI=1S/C12H12N2O5S/c15-10-6-5-8(11(16)13-10)14-12(17)7-3-1-2-4-9(7)20(14,18)19/h2,4,8H,1,3,5-6H2,(H,13,15,16). The van der Waals surface area contributed by atoms with E-state index >= 15 is 0 Å². The molecule has 1 aliphatic carbocycles. The Balaban J connectivity index is 2.00. The molecule has 0 aromatic rings. The second kappa shape index (κ2) is 4.27. The number of amides is 3. The summed E-state index contributed by atoms with van der Waals surface area (Å²) in [6, 6.07) is -1.14. The zero-order valence-electron chi connectivity index (χ0n) is 10.5. The minimum atomic E-state index is -3.98. The van der Waals surface area contributed by atoms with Crippen LogP contribution in [0.4, 0.5) is 0 Å². The summed E-state index contributed by atoms with van der Waals surface area (Å²) in [6.45, 7) is 0. The smallest absolute Gasteiger partial charge is 0.267 e. The van der Waals surface area contributed by atoms with Crippen molar-refractivity contribution in [2.45, 2.75) is 31.7 Å². The summed E-state index contributed by atoms with van der Waals surface area (Å²) in [5, 5.41) is 2.07. The second-order valence-corrected chi connectivity index (χ2v) is 6.64. The number of rotatable bonds is 1. The number of piperidine rings is 1. The lowest BCUT2D eigenvalue weighted by Crippen LogP contribution is -2.54. The molecule has 3 amide bonds. The van der Waals surface area contributed by atoms with Gasteiger partial charge in [-0.15, -0.1) is 0 Å². The van der Waals surface area contributed by atoms with Crippen LogP contribution in [0.15, 0.2) is 22.6 Å². The number of allylic oxidation sites excluding steroid dienone is 2. The van der Waals surface area contributed by atoms with E-state index in [1.165, 1.54) is 6.08 Å². The Morgan fingerprint density at radius 3 is 2.60 bits per heavy atom. The quantitative estimate of drug-likeness (QED) is 0.662. The molecule has 8 heteroatoms. The first-order chi connectivity index (χ1) is 9.43. The van der Waals surface area contributed by atoms with E-state index in [1.807, 2.05) is 0 Å². The summed E-state index contributed by atoms with van der Waals surface area (Å²) in [7, 11) is -3.98. The number of carbonyl (C=O) groups excluding carboxylic acids is 3. The number of carbonyl (C=O) groups is 3. The van der Waals surface area contributed by atoms with E-state index in [9.17, 15) is 22.8 Å². The zero-order valence-corrected chi connectivity index (χ0v) is 11.3. The molecule has 1 N–H and O–H groups in total. The predicted octanol–water partition coefficient (Wildman–Crippen LogP) is -0.432. The van der Waals surface area contributed by atoms with E-state index in [4.69, 9.17) is 0 Å². The molecule has 0 bridgehead atoms. The Bertz CT molecular complexity index is 689. The van der Waals surface area contributed by atoms with Crippen molar-refractivity contribution in [1.29, 1.82) is 0 Å². The summed E-state index contributed by atoms with van der Waals surface area (Å²) in [5.41, 5.74) is 0.234. The van der Waals surface area contributed by atoms with Gasteiger partial charge in [0.1, 0.15) is 6.04 Å². The van der Waals surface area contributed by atoms with Crippen LogP contribution in [-0.4, -0.2) is 36.5 Å². The lowest BCUT2D eigenvalue weighted by atomic mass is 10.0. The monoisotopic (exact) mass is 296 g/mol. The van der Waals surface area contributed by atoms with Crippen molar-refractivity contribution in [2.24, 2.45) is 0 Å². The third kappa shape index (κ3) is 1.71. The highest BCUT2D eigenvalue weighted by molar-refractivity contribution is 7.94. The number of sulfonamides is 1. The molecular formula is C12H12N2O5S. The first-order valence-electron chi connectivity index (χ1n) is 6.25. The minimum absolute atomic E-state index is 0.0153. The topological polar surface area (TPSA) is 101 Å². The van der Waals surface area contributed by atoms with Crippen molar-refractivity contribution in [2.75, 3.05) is 0 Å². The Morgan fingerprint density at radius 1 is 1.20 bits per heavy atom. The van der Waals surface area contributed by atoms with Gasteiger partial charge < -0.3 is 0 Å². The van der Waals surface area contributed by atoms with Gasteiger partial charge in [-0.25, -0.2) is 12.7 Å². The predicted molar refractivity (Wildman–Crippen MR) is 67.3 cm³/mol. The molecule has 2 heterocycles. The third-order valence-corrected chi connectivity index (χ3v) is 5.49. The van der Waals surface area contributed by atoms with Gasteiger partial charge in [0.15, 0.2) is 0 Å². The van der Waals surface area contributed by atoms with E-state index in [0.717, 1.165) is 0 Å². The van der Waals surface area contributed by atoms with Crippen molar-refractivity contribution in [3.8, 4) is 0 Å². The largest absolute Gasteiger partial charge is 0.295 e. The van der Waals surface area contributed by atoms with Gasteiger partial charge in [0, 0.05) is 12.0 Å². The van der Waals surface area contributed by atoms with Gasteiger partial charge in [0.2, 0.25) is 5.91 Å². The van der Waals surface area contributed by atoms with Gasteiger partial charge in [-0.2, -0.15) is 0 Å². The molecule has 20 heavy (non-hydrogen) atoms. The van der Waals surface area contributed by atoms with E-state index in [0.29, 0.717) is 17.1 Å². The van der Waals surface area contributed by atoms with E-state index in [1.54, 1.807) is 6.08 Å². The maximum Gasteiger partial charge on any atom is 0.267 e. The van der Waals surface area contributed by atoms with Gasteiger partial charge in [-0.3, -0.25) is 19.7 Å². The molecule has 1 saturated heterocycles. The number of nitrogens with zero attached hydrogens (tertiary/aromatic N) is 1. The van der Waals surface area contributed by atoms with Crippen LogP contribution in [-0.2, 0) is 24.4 Å². The molecule has 1 unspecified atom stereocenters. The van der Waals surface area contributed by atoms with Crippen LogP contribution in [0.2, 0.25) is 0 Å². The number of hydrogen-bond donors (Lipinski definition) is 1. The molecule has 2 aliphatic heterocycles. The zero-order chi connectivity index (χ0) is 14.5. The fourth-order valence-electron chi connectivity index (χ4n) is 2.66. The van der Waals surface area contributed by atoms with Crippen LogP contribution < -0.4 is 5.32 Å². The molecule has 1 fully saturated rings. The second-order valence-electron chi connectivity index (χ2n) is 4.86. The highest BCUT2D eigenvalue weighted by Gasteiger charge is 2.49. The first kappa shape index (κ1) is 13.0. The molecule has 0 radical (unpaired) electrons. The molecule has 106 valence electrons. The summed E-state index contributed by atoms with van der Waals surface area (Å²) >= 11 is 0. The van der Waals surface area contributed by atoms with Crippen molar-refractivity contribution < 1.29 is 22.8 Å². The maximum absolute atomic E-state index is 12.4. The molecule has 3 rings (SSSR count). The molecular weight excluding hydrogens is 284 g/mol. The SMILES string of the molecule is O=C1CCC(N2C(=O)C3=C(C=CCC3)S2(=O)=O)C(=O)N1. The molecule has 7 nitrogen and oxygen atoms in total. The van der Waals surface area contributed by atoms with Gasteiger partial charge in [0.25, 0.3) is 21.8 Å². The fourth-order valence-corrected chi connectivity index (χ4v) is 4.50. The van der Waals surface area contributed by atoms with Crippen molar-refractivity contribution in [3.63, 3.8) is 0 Å². The number of nitrogens with one attached hydrogen (secondary N) is 1. The molecule has 3 aliphatic rings. The highest BCUT2D eigenvalue weighted by Crippen LogP contribution is 2.36. The van der Waals surface area contributed by atoms with Crippen LogP contribution in [0.25, 0.3) is 0 Å². The summed E-state index contributed by atoms with van der Waals surface area (Å²) < 4.78 is 25.4. The van der Waals surface area contributed by atoms with Crippen LogP contribution in [0, 0.1) is 0 Å². The lowest BCUT2D eigenvalue weighted by Gasteiger charge is -2.28. The van der Waals surface area contributed by atoms with Crippen LogP contribution in [0.1, 0.15) is 25.7 Å². The molecule has 0 spiro atoms. The van der Waals surface area contributed by atoms with Crippen molar-refractivity contribution in [1.82, 2.24) is 9.62 Å². The number of hydrogen-bond acceptors (Lipinski definition) is 5. The van der Waals surface area contributed by atoms with Gasteiger partial charge in [-0.1, -0.05) is 6.08 Å². The Hall–Kier alpha value is -1.96. The number of imide groups is 1. The molecule has 0 aromatic heterocycles. The normalized spacial score (nSPS) is 28.7. The third-order valence-electron chi connectivity index (χ3n) is 3.62. The Kier molecular flexibility index (Phi) is 2.79. The van der Waals surface area contributed by atoms with Gasteiger partial charge in [0.05, 0.1) is 4.91 Å². The average Bonchev–Trinajstić information content (AvgIpc) is 2.60. The average molecular weight is 296 g/mol. The van der Waals surface area contributed by atoms with Crippen LogP contribution >= 0.6 is 0 Å². The molecule has 1 atom stereocenters. The first-order valence-corrected chi connectivity index (χ1v) is 7.69. The Morgan fingerprint density at radius 2 is 1.95 bits per heavy atom. The summed E-state index contributed by atoms with van der Waals surface area (Å²) in [5.74, 6) is -1.83. The van der Waals surface area contributed by atoms with E-state index < -0.39 is 33.8 Å². The van der Waals surface area contributed by atoms with E-state index in [2.05, 4.69) is 5.32 Å². The molecule has 0 aromatic carbocycles. The van der Waals surface area contributed by atoms with Crippen molar-refractivity contribution >= 4 is 27.7 Å². The molecule has 0 saturated carbocycles. The Labute approximate surface area is 115 Å². The highest BCUT2D eigenvalue weighted by atomic mass is 32.2.